The summed E-state index contributed by atoms with van der Waals surface area (Å²) in [5, 5.41) is 14.0. The zero-order chi connectivity index (χ0) is 13.5. The number of nitro groups is 1. The molecule has 0 atom stereocenters. The third kappa shape index (κ3) is 4.18. The molecule has 0 unspecified atom stereocenters. The molecule has 0 aliphatic heterocycles. The molecule has 1 N–H and O–H groups in total. The molecule has 0 bridgehead atoms. The number of benzene rings is 1. The summed E-state index contributed by atoms with van der Waals surface area (Å²) in [5.41, 5.74) is 2.25. The van der Waals surface area contributed by atoms with E-state index in [1.54, 1.807) is 25.1 Å². The number of nitrogens with one attached hydrogen (secondary N) is 1. The normalized spacial score (nSPS) is 10.1. The molecule has 0 fully saturated rings. The summed E-state index contributed by atoms with van der Waals surface area (Å²) in [5.74, 6) is 0. The third-order valence-electron chi connectivity index (χ3n) is 2.33. The molecule has 0 saturated carbocycles. The molecule has 0 spiro atoms. The van der Waals surface area contributed by atoms with Crippen LogP contribution in [0.5, 0.6) is 0 Å². The van der Waals surface area contributed by atoms with Gasteiger partial charge in [-0.15, -0.1) is 0 Å². The molecule has 0 radical (unpaired) electrons. The maximum atomic E-state index is 10.9. The van der Waals surface area contributed by atoms with Crippen LogP contribution in [0.1, 0.15) is 12.5 Å². The summed E-state index contributed by atoms with van der Waals surface area (Å²) < 4.78 is 5.32. The van der Waals surface area contributed by atoms with Gasteiger partial charge in [0.05, 0.1) is 18.1 Å². The first-order valence-electron chi connectivity index (χ1n) is 5.72. The predicted octanol–water partition coefficient (Wildman–Crippen LogP) is 2.91. The molecule has 5 nitrogen and oxygen atoms in total. The molecular formula is C13H18N2O3. The number of anilines is 1. The zero-order valence-corrected chi connectivity index (χ0v) is 10.7. The number of ether oxygens (including phenoxy) is 1. The number of rotatable bonds is 7. The summed E-state index contributed by atoms with van der Waals surface area (Å²) >= 11 is 0. The average Bonchev–Trinajstić information content (AvgIpc) is 2.27. The molecule has 5 heteroatoms. The van der Waals surface area contributed by atoms with Gasteiger partial charge in [-0.25, -0.2) is 0 Å². The molecular weight excluding hydrogens is 232 g/mol. The van der Waals surface area contributed by atoms with Gasteiger partial charge in [-0.3, -0.25) is 10.1 Å². The summed E-state index contributed by atoms with van der Waals surface area (Å²) in [6, 6.07) is 5.21. The van der Waals surface area contributed by atoms with E-state index in [1.165, 1.54) is 0 Å². The van der Waals surface area contributed by atoms with E-state index in [9.17, 15) is 10.1 Å². The fourth-order valence-corrected chi connectivity index (χ4v) is 1.55. The van der Waals surface area contributed by atoms with E-state index in [2.05, 4.69) is 11.9 Å². The van der Waals surface area contributed by atoms with Crippen LogP contribution in [-0.4, -0.2) is 24.7 Å². The molecule has 0 aliphatic rings. The Kier molecular flexibility index (Phi) is 5.32. The van der Waals surface area contributed by atoms with E-state index in [1.807, 2.05) is 6.92 Å². The van der Waals surface area contributed by atoms with E-state index in [0.717, 1.165) is 5.57 Å². The minimum Gasteiger partial charge on any atom is -0.377 e. The van der Waals surface area contributed by atoms with Gasteiger partial charge in [-0.2, -0.15) is 0 Å². The lowest BCUT2D eigenvalue weighted by molar-refractivity contribution is -0.384. The van der Waals surface area contributed by atoms with Gasteiger partial charge in [0, 0.05) is 12.1 Å². The SMILES string of the molecule is C=C(C)COCCNc1cccc(C)c1[N+](=O)[O-]. The second-order valence-corrected chi connectivity index (χ2v) is 4.16. The summed E-state index contributed by atoms with van der Waals surface area (Å²) in [4.78, 5) is 10.6. The standard InChI is InChI=1S/C13H18N2O3/c1-10(2)9-18-8-7-14-12-6-4-5-11(3)13(12)15(16)17/h4-6,14H,1,7-9H2,2-3H3. The van der Waals surface area contributed by atoms with Crippen molar-refractivity contribution in [2.75, 3.05) is 25.1 Å². The molecule has 0 aliphatic carbocycles. The monoisotopic (exact) mass is 250 g/mol. The van der Waals surface area contributed by atoms with Gasteiger partial charge in [-0.1, -0.05) is 24.3 Å². The second-order valence-electron chi connectivity index (χ2n) is 4.16. The molecule has 18 heavy (non-hydrogen) atoms. The third-order valence-corrected chi connectivity index (χ3v) is 2.33. The van der Waals surface area contributed by atoms with Crippen LogP contribution in [0.25, 0.3) is 0 Å². The van der Waals surface area contributed by atoms with E-state index in [4.69, 9.17) is 4.74 Å². The molecule has 0 aromatic heterocycles. The molecule has 0 heterocycles. The van der Waals surface area contributed by atoms with Crippen molar-refractivity contribution in [3.8, 4) is 0 Å². The van der Waals surface area contributed by atoms with Crippen LogP contribution in [0.3, 0.4) is 0 Å². The predicted molar refractivity (Wildman–Crippen MR) is 72.0 cm³/mol. The van der Waals surface area contributed by atoms with Crippen molar-refractivity contribution >= 4 is 11.4 Å². The molecule has 0 saturated heterocycles. The Morgan fingerprint density at radius 1 is 1.56 bits per heavy atom. The first-order chi connectivity index (χ1) is 8.52. The van der Waals surface area contributed by atoms with Crippen molar-refractivity contribution in [3.05, 3.63) is 46.0 Å². The van der Waals surface area contributed by atoms with Crippen LogP contribution in [0, 0.1) is 17.0 Å². The van der Waals surface area contributed by atoms with Crippen LogP contribution in [-0.2, 0) is 4.74 Å². The Balaban J connectivity index is 2.54. The minimum absolute atomic E-state index is 0.123. The van der Waals surface area contributed by atoms with Crippen molar-refractivity contribution in [3.63, 3.8) is 0 Å². The van der Waals surface area contributed by atoms with Crippen molar-refractivity contribution in [2.45, 2.75) is 13.8 Å². The molecule has 0 amide bonds. The number of nitrogens with zero attached hydrogens (tertiary/aromatic N) is 1. The Morgan fingerprint density at radius 2 is 2.28 bits per heavy atom. The Labute approximate surface area is 107 Å². The topological polar surface area (TPSA) is 64.4 Å². The highest BCUT2D eigenvalue weighted by molar-refractivity contribution is 5.64. The first kappa shape index (κ1) is 14.2. The summed E-state index contributed by atoms with van der Waals surface area (Å²) in [7, 11) is 0. The lowest BCUT2D eigenvalue weighted by Gasteiger charge is -2.09. The van der Waals surface area contributed by atoms with Gasteiger partial charge in [0.25, 0.3) is 5.69 Å². The van der Waals surface area contributed by atoms with Crippen molar-refractivity contribution in [1.29, 1.82) is 0 Å². The quantitative estimate of drug-likeness (QED) is 0.350. The lowest BCUT2D eigenvalue weighted by atomic mass is 10.1. The molecule has 1 rings (SSSR count). The fourth-order valence-electron chi connectivity index (χ4n) is 1.55. The van der Waals surface area contributed by atoms with E-state index in [-0.39, 0.29) is 10.6 Å². The minimum atomic E-state index is -0.369. The first-order valence-corrected chi connectivity index (χ1v) is 5.72. The number of hydrogen-bond donors (Lipinski definition) is 1. The average molecular weight is 250 g/mol. The Bertz CT molecular complexity index is 444. The van der Waals surface area contributed by atoms with Crippen molar-refractivity contribution in [2.24, 2.45) is 0 Å². The summed E-state index contributed by atoms with van der Waals surface area (Å²) in [6.07, 6.45) is 0. The highest BCUT2D eigenvalue weighted by Crippen LogP contribution is 2.27. The van der Waals surface area contributed by atoms with Gasteiger partial charge < -0.3 is 10.1 Å². The van der Waals surface area contributed by atoms with Crippen LogP contribution >= 0.6 is 0 Å². The fraction of sp³-hybridized carbons (Fsp3) is 0.385. The van der Waals surface area contributed by atoms with E-state index >= 15 is 0 Å². The van der Waals surface area contributed by atoms with Crippen LogP contribution in [0.15, 0.2) is 30.4 Å². The van der Waals surface area contributed by atoms with Crippen LogP contribution < -0.4 is 5.32 Å². The van der Waals surface area contributed by atoms with E-state index in [0.29, 0.717) is 31.0 Å². The molecule has 1 aromatic rings. The highest BCUT2D eigenvalue weighted by Gasteiger charge is 2.15. The Hall–Kier alpha value is -1.88. The number of para-hydroxylation sites is 1. The number of hydrogen-bond acceptors (Lipinski definition) is 4. The van der Waals surface area contributed by atoms with Crippen LogP contribution in [0.4, 0.5) is 11.4 Å². The Morgan fingerprint density at radius 3 is 2.89 bits per heavy atom. The van der Waals surface area contributed by atoms with Gasteiger partial charge in [0.1, 0.15) is 5.69 Å². The number of aryl methyl sites for hydroxylation is 1. The maximum absolute atomic E-state index is 10.9. The van der Waals surface area contributed by atoms with E-state index < -0.39 is 0 Å². The van der Waals surface area contributed by atoms with Crippen molar-refractivity contribution < 1.29 is 9.66 Å². The van der Waals surface area contributed by atoms with Crippen LogP contribution in [0.2, 0.25) is 0 Å². The van der Waals surface area contributed by atoms with Gasteiger partial charge in [0.15, 0.2) is 0 Å². The van der Waals surface area contributed by atoms with Crippen molar-refractivity contribution in [1.82, 2.24) is 0 Å². The maximum Gasteiger partial charge on any atom is 0.295 e. The van der Waals surface area contributed by atoms with Gasteiger partial charge in [-0.05, 0) is 19.9 Å². The largest absolute Gasteiger partial charge is 0.377 e. The lowest BCUT2D eigenvalue weighted by Crippen LogP contribution is -2.11. The van der Waals surface area contributed by atoms with Gasteiger partial charge >= 0.3 is 0 Å². The zero-order valence-electron chi connectivity index (χ0n) is 10.7. The number of nitro benzene ring substituents is 1. The van der Waals surface area contributed by atoms with Gasteiger partial charge in [0.2, 0.25) is 0 Å². The smallest absolute Gasteiger partial charge is 0.295 e. The molecule has 1 aromatic carbocycles. The summed E-state index contributed by atoms with van der Waals surface area (Å²) in [6.45, 7) is 8.86. The second kappa shape index (κ2) is 6.76. The molecule has 98 valence electrons. The highest BCUT2D eigenvalue weighted by atomic mass is 16.6.